The summed E-state index contributed by atoms with van der Waals surface area (Å²) in [5.74, 6) is 1.20. The van der Waals surface area contributed by atoms with Gasteiger partial charge in [0, 0.05) is 36.4 Å². The number of amides is 1. The van der Waals surface area contributed by atoms with E-state index in [2.05, 4.69) is 24.3 Å². The summed E-state index contributed by atoms with van der Waals surface area (Å²) in [5, 5.41) is 2.69. The fourth-order valence-corrected chi connectivity index (χ4v) is 3.19. The first-order valence-corrected chi connectivity index (χ1v) is 9.31. The maximum Gasteiger partial charge on any atom is 0.285 e. The average molecular weight is 361 g/mol. The highest BCUT2D eigenvalue weighted by molar-refractivity contribution is 6.30. The number of hydrazine groups is 1. The lowest BCUT2D eigenvalue weighted by molar-refractivity contribution is 0.0745. The van der Waals surface area contributed by atoms with E-state index in [1.54, 1.807) is 0 Å². The van der Waals surface area contributed by atoms with Crippen molar-refractivity contribution in [2.75, 3.05) is 13.1 Å². The molecule has 0 spiro atoms. The van der Waals surface area contributed by atoms with E-state index in [-0.39, 0.29) is 5.91 Å². The molecule has 0 atom stereocenters. The highest BCUT2D eigenvalue weighted by atomic mass is 35.5. The van der Waals surface area contributed by atoms with Crippen molar-refractivity contribution in [1.29, 1.82) is 0 Å². The Hall–Kier alpha value is -1.85. The molecule has 0 bridgehead atoms. The van der Waals surface area contributed by atoms with Gasteiger partial charge in [0.2, 0.25) is 0 Å². The predicted octanol–water partition coefficient (Wildman–Crippen LogP) is 3.85. The molecule has 0 radical (unpaired) electrons. The van der Waals surface area contributed by atoms with Gasteiger partial charge >= 0.3 is 0 Å². The number of nitrogens with one attached hydrogen (secondary N) is 1. The quantitative estimate of drug-likeness (QED) is 0.880. The standard InChI is InChI=1S/C19H25ClN4O/c1-14(2)12-18-21-17(19(25)22-23-10-4-3-5-11-23)13-24(18)16-8-6-15(20)7-9-16/h6-9,13-14H,3-5,10-12H2,1-2H3,(H,22,25). The summed E-state index contributed by atoms with van der Waals surface area (Å²) in [6.07, 6.45) is 6.10. The van der Waals surface area contributed by atoms with Crippen LogP contribution in [0.1, 0.15) is 49.4 Å². The summed E-state index contributed by atoms with van der Waals surface area (Å²) in [5.41, 5.74) is 4.40. The first-order valence-electron chi connectivity index (χ1n) is 8.93. The Bertz CT molecular complexity index is 718. The number of carbonyl (C=O) groups is 1. The highest BCUT2D eigenvalue weighted by Crippen LogP contribution is 2.19. The molecule has 2 aromatic rings. The van der Waals surface area contributed by atoms with Crippen LogP contribution in [0, 0.1) is 5.92 Å². The molecule has 1 aliphatic rings. The Morgan fingerprint density at radius 3 is 2.52 bits per heavy atom. The minimum Gasteiger partial charge on any atom is -0.303 e. The SMILES string of the molecule is CC(C)Cc1nc(C(=O)NN2CCCCC2)cn1-c1ccc(Cl)cc1. The second-order valence-electron chi connectivity index (χ2n) is 6.98. The third-order valence-electron chi connectivity index (χ3n) is 4.32. The number of nitrogens with zero attached hydrogens (tertiary/aromatic N) is 3. The molecule has 0 unspecified atom stereocenters. The second kappa shape index (κ2) is 8.02. The van der Waals surface area contributed by atoms with Crippen molar-refractivity contribution in [3.63, 3.8) is 0 Å². The molecule has 1 amide bonds. The van der Waals surface area contributed by atoms with Crippen LogP contribution in [0.2, 0.25) is 5.02 Å². The van der Waals surface area contributed by atoms with Crippen molar-refractivity contribution in [3.05, 3.63) is 47.0 Å². The first-order chi connectivity index (χ1) is 12.0. The number of halogens is 1. The van der Waals surface area contributed by atoms with Crippen LogP contribution in [-0.2, 0) is 6.42 Å². The Kier molecular flexibility index (Phi) is 5.76. The molecule has 1 fully saturated rings. The number of hydrogen-bond donors (Lipinski definition) is 1. The van der Waals surface area contributed by atoms with Gasteiger partial charge in [-0.05, 0) is 43.0 Å². The Morgan fingerprint density at radius 1 is 1.20 bits per heavy atom. The second-order valence-corrected chi connectivity index (χ2v) is 7.41. The molecule has 134 valence electrons. The summed E-state index contributed by atoms with van der Waals surface area (Å²) in [6.45, 7) is 6.10. The van der Waals surface area contributed by atoms with Gasteiger partial charge in [0.05, 0.1) is 0 Å². The Balaban J connectivity index is 1.84. The third kappa shape index (κ3) is 4.61. The molecular formula is C19H25ClN4O. The number of carbonyl (C=O) groups excluding carboxylic acids is 1. The van der Waals surface area contributed by atoms with Crippen molar-refractivity contribution in [2.45, 2.75) is 39.5 Å². The minimum absolute atomic E-state index is 0.139. The van der Waals surface area contributed by atoms with Crippen LogP contribution in [0.25, 0.3) is 5.69 Å². The van der Waals surface area contributed by atoms with Gasteiger partial charge in [0.25, 0.3) is 5.91 Å². The van der Waals surface area contributed by atoms with E-state index in [0.717, 1.165) is 43.9 Å². The van der Waals surface area contributed by atoms with Crippen LogP contribution in [0.15, 0.2) is 30.5 Å². The van der Waals surface area contributed by atoms with Gasteiger partial charge in [-0.3, -0.25) is 10.2 Å². The van der Waals surface area contributed by atoms with Crippen LogP contribution in [0.4, 0.5) is 0 Å². The maximum atomic E-state index is 12.6. The lowest BCUT2D eigenvalue weighted by Gasteiger charge is -2.26. The maximum absolute atomic E-state index is 12.6. The minimum atomic E-state index is -0.139. The fourth-order valence-electron chi connectivity index (χ4n) is 3.07. The highest BCUT2D eigenvalue weighted by Gasteiger charge is 2.19. The summed E-state index contributed by atoms with van der Waals surface area (Å²) >= 11 is 5.99. The van der Waals surface area contributed by atoms with E-state index in [9.17, 15) is 4.79 Å². The van der Waals surface area contributed by atoms with Gasteiger partial charge in [-0.25, -0.2) is 9.99 Å². The lowest BCUT2D eigenvalue weighted by Crippen LogP contribution is -2.45. The van der Waals surface area contributed by atoms with Gasteiger partial charge in [0.1, 0.15) is 11.5 Å². The van der Waals surface area contributed by atoms with Gasteiger partial charge in [-0.1, -0.05) is 31.9 Å². The Morgan fingerprint density at radius 2 is 1.88 bits per heavy atom. The normalized spacial score (nSPS) is 15.5. The average Bonchev–Trinajstić information content (AvgIpc) is 3.00. The molecule has 1 saturated heterocycles. The molecule has 25 heavy (non-hydrogen) atoms. The van der Waals surface area contributed by atoms with Crippen molar-refractivity contribution < 1.29 is 4.79 Å². The number of aromatic nitrogens is 2. The fraction of sp³-hybridized carbons (Fsp3) is 0.474. The van der Waals surface area contributed by atoms with E-state index in [1.165, 1.54) is 6.42 Å². The first kappa shape index (κ1) is 18.0. The molecule has 1 aromatic carbocycles. The number of benzene rings is 1. The van der Waals surface area contributed by atoms with Crippen molar-refractivity contribution in [3.8, 4) is 5.69 Å². The largest absolute Gasteiger partial charge is 0.303 e. The molecule has 1 N–H and O–H groups in total. The van der Waals surface area contributed by atoms with Gasteiger partial charge in [0.15, 0.2) is 0 Å². The smallest absolute Gasteiger partial charge is 0.285 e. The van der Waals surface area contributed by atoms with E-state index < -0.39 is 0 Å². The summed E-state index contributed by atoms with van der Waals surface area (Å²) in [4.78, 5) is 17.2. The van der Waals surface area contributed by atoms with Crippen LogP contribution in [0.5, 0.6) is 0 Å². The van der Waals surface area contributed by atoms with E-state index >= 15 is 0 Å². The van der Waals surface area contributed by atoms with Gasteiger partial charge < -0.3 is 4.57 Å². The molecule has 5 nitrogen and oxygen atoms in total. The van der Waals surface area contributed by atoms with E-state index in [1.807, 2.05) is 40.0 Å². The number of rotatable bonds is 5. The van der Waals surface area contributed by atoms with Gasteiger partial charge in [-0.2, -0.15) is 0 Å². The lowest BCUT2D eigenvalue weighted by atomic mass is 10.1. The van der Waals surface area contributed by atoms with Crippen LogP contribution >= 0.6 is 11.6 Å². The number of hydrogen-bond acceptors (Lipinski definition) is 3. The zero-order valence-electron chi connectivity index (χ0n) is 14.8. The molecule has 1 aromatic heterocycles. The molecule has 2 heterocycles. The predicted molar refractivity (Wildman–Crippen MR) is 100 cm³/mol. The summed E-state index contributed by atoms with van der Waals surface area (Å²) < 4.78 is 1.99. The van der Waals surface area contributed by atoms with Crippen molar-refractivity contribution >= 4 is 17.5 Å². The van der Waals surface area contributed by atoms with Gasteiger partial charge in [-0.15, -0.1) is 0 Å². The topological polar surface area (TPSA) is 50.2 Å². The molecule has 6 heteroatoms. The van der Waals surface area contributed by atoms with Crippen molar-refractivity contribution in [1.82, 2.24) is 20.0 Å². The van der Waals surface area contributed by atoms with Crippen LogP contribution in [0.3, 0.4) is 0 Å². The summed E-state index contributed by atoms with van der Waals surface area (Å²) in [7, 11) is 0. The summed E-state index contributed by atoms with van der Waals surface area (Å²) in [6, 6.07) is 7.59. The molecule has 0 aliphatic carbocycles. The number of imidazole rings is 1. The van der Waals surface area contributed by atoms with E-state index in [4.69, 9.17) is 11.6 Å². The monoisotopic (exact) mass is 360 g/mol. The zero-order chi connectivity index (χ0) is 17.8. The molecule has 1 aliphatic heterocycles. The Labute approximate surface area is 154 Å². The molecule has 0 saturated carbocycles. The van der Waals surface area contributed by atoms with Crippen molar-refractivity contribution in [2.24, 2.45) is 5.92 Å². The molecule has 3 rings (SSSR count). The van der Waals surface area contributed by atoms with Crippen LogP contribution < -0.4 is 5.43 Å². The van der Waals surface area contributed by atoms with E-state index in [0.29, 0.717) is 16.6 Å². The van der Waals surface area contributed by atoms with Crippen LogP contribution in [-0.4, -0.2) is 33.6 Å². The third-order valence-corrected chi connectivity index (χ3v) is 4.57. The number of piperidine rings is 1. The molecular weight excluding hydrogens is 336 g/mol. The zero-order valence-corrected chi connectivity index (χ0v) is 15.6.